The number of nitrogens with zero attached hydrogens (tertiary/aromatic N) is 1. The van der Waals surface area contributed by atoms with Crippen LogP contribution in [0.25, 0.3) is 0 Å². The van der Waals surface area contributed by atoms with Gasteiger partial charge in [0.05, 0.1) is 12.0 Å². The molecule has 1 N–H and O–H groups in total. The Morgan fingerprint density at radius 3 is 2.85 bits per heavy atom. The predicted octanol–water partition coefficient (Wildman–Crippen LogP) is 2.25. The molecule has 1 fully saturated rings. The number of hydrogen-bond donors (Lipinski definition) is 1. The van der Waals surface area contributed by atoms with Crippen LogP contribution in [0.2, 0.25) is 0 Å². The van der Waals surface area contributed by atoms with Gasteiger partial charge in [-0.3, -0.25) is 9.78 Å². The molecule has 0 radical (unpaired) electrons. The fourth-order valence-corrected chi connectivity index (χ4v) is 2.77. The molecule has 20 heavy (non-hydrogen) atoms. The second-order valence-corrected chi connectivity index (χ2v) is 5.91. The third kappa shape index (κ3) is 3.18. The zero-order valence-corrected chi connectivity index (χ0v) is 12.6. The van der Waals surface area contributed by atoms with Crippen LogP contribution in [-0.4, -0.2) is 30.6 Å². The molecule has 1 aliphatic rings. The van der Waals surface area contributed by atoms with E-state index in [1.165, 1.54) is 5.56 Å². The number of nitrogens with one attached hydrogen (secondary N) is 1. The highest BCUT2D eigenvalue weighted by Gasteiger charge is 2.44. The Kier molecular flexibility index (Phi) is 4.76. The lowest BCUT2D eigenvalue weighted by atomic mass is 9.68. The van der Waals surface area contributed by atoms with Crippen LogP contribution >= 0.6 is 0 Å². The van der Waals surface area contributed by atoms with E-state index in [9.17, 15) is 4.79 Å². The van der Waals surface area contributed by atoms with Gasteiger partial charge in [0.25, 0.3) is 0 Å². The highest BCUT2D eigenvalue weighted by Crippen LogP contribution is 2.41. The first-order chi connectivity index (χ1) is 9.57. The van der Waals surface area contributed by atoms with Crippen LogP contribution in [0.15, 0.2) is 18.3 Å². The molecule has 110 valence electrons. The summed E-state index contributed by atoms with van der Waals surface area (Å²) in [5.41, 5.74) is 1.93. The third-order valence-corrected chi connectivity index (χ3v) is 4.21. The lowest BCUT2D eigenvalue weighted by molar-refractivity contribution is -0.141. The van der Waals surface area contributed by atoms with E-state index in [4.69, 9.17) is 4.74 Å². The van der Waals surface area contributed by atoms with Crippen LogP contribution in [0.4, 0.5) is 0 Å². The molecule has 2 rings (SSSR count). The molecular formula is C16H24N2O2. The van der Waals surface area contributed by atoms with Gasteiger partial charge >= 0.3 is 0 Å². The van der Waals surface area contributed by atoms with Crippen molar-refractivity contribution in [3.8, 4) is 0 Å². The van der Waals surface area contributed by atoms with Crippen molar-refractivity contribution in [2.75, 3.05) is 13.7 Å². The average Bonchev–Trinajstić information content (AvgIpc) is 2.36. The minimum absolute atomic E-state index is 0.0884. The van der Waals surface area contributed by atoms with Gasteiger partial charge in [0.1, 0.15) is 0 Å². The number of carbonyl (C=O) groups excluding carboxylic acids is 1. The Balaban J connectivity index is 1.93. The molecule has 1 aromatic rings. The summed E-state index contributed by atoms with van der Waals surface area (Å²) in [5.74, 6) is 0.131. The Hall–Kier alpha value is -1.42. The third-order valence-electron chi connectivity index (χ3n) is 4.21. The zero-order valence-electron chi connectivity index (χ0n) is 12.6. The summed E-state index contributed by atoms with van der Waals surface area (Å²) in [5, 5.41) is 3.12. The van der Waals surface area contributed by atoms with E-state index in [0.717, 1.165) is 31.4 Å². The van der Waals surface area contributed by atoms with Crippen molar-refractivity contribution >= 4 is 5.91 Å². The quantitative estimate of drug-likeness (QED) is 0.867. The molecule has 0 aliphatic heterocycles. The number of aromatic nitrogens is 1. The Bertz CT molecular complexity index is 469. The van der Waals surface area contributed by atoms with Crippen LogP contribution in [0.1, 0.15) is 37.4 Å². The van der Waals surface area contributed by atoms with Crippen molar-refractivity contribution in [3.63, 3.8) is 0 Å². The van der Waals surface area contributed by atoms with E-state index in [1.807, 2.05) is 13.0 Å². The zero-order chi connectivity index (χ0) is 14.6. The summed E-state index contributed by atoms with van der Waals surface area (Å²) in [6.45, 7) is 4.61. The first kappa shape index (κ1) is 15.0. The van der Waals surface area contributed by atoms with E-state index in [-0.39, 0.29) is 17.4 Å². The molecule has 1 unspecified atom stereocenters. The maximum absolute atomic E-state index is 12.4. The molecule has 1 saturated carbocycles. The number of hydrogen-bond acceptors (Lipinski definition) is 3. The number of methoxy groups -OCH3 is 1. The molecule has 4 heteroatoms. The fraction of sp³-hybridized carbons (Fsp3) is 0.625. The molecule has 0 spiro atoms. The van der Waals surface area contributed by atoms with Gasteiger partial charge in [0.2, 0.25) is 5.91 Å². The van der Waals surface area contributed by atoms with Crippen molar-refractivity contribution in [1.29, 1.82) is 0 Å². The van der Waals surface area contributed by atoms with Gasteiger partial charge in [-0.1, -0.05) is 12.5 Å². The van der Waals surface area contributed by atoms with Crippen molar-refractivity contribution in [2.24, 2.45) is 5.41 Å². The monoisotopic (exact) mass is 276 g/mol. The molecular weight excluding hydrogens is 252 g/mol. The second kappa shape index (κ2) is 6.35. The van der Waals surface area contributed by atoms with Gasteiger partial charge in [-0.2, -0.15) is 0 Å². The molecule has 1 aliphatic carbocycles. The van der Waals surface area contributed by atoms with Gasteiger partial charge in [0.15, 0.2) is 0 Å². The maximum Gasteiger partial charge on any atom is 0.228 e. The average molecular weight is 276 g/mol. The highest BCUT2D eigenvalue weighted by molar-refractivity contribution is 5.84. The molecule has 0 bridgehead atoms. The molecule has 1 heterocycles. The molecule has 0 aromatic carbocycles. The number of aryl methyl sites for hydroxylation is 1. The summed E-state index contributed by atoms with van der Waals surface area (Å²) in [4.78, 5) is 16.8. The second-order valence-electron chi connectivity index (χ2n) is 5.91. The normalized spacial score (nSPS) is 18.1. The van der Waals surface area contributed by atoms with E-state index < -0.39 is 0 Å². The summed E-state index contributed by atoms with van der Waals surface area (Å²) < 4.78 is 5.22. The number of ether oxygens (including phenoxy) is 1. The Labute approximate surface area is 120 Å². The minimum atomic E-state index is -0.290. The lowest BCUT2D eigenvalue weighted by Crippen LogP contribution is -2.51. The molecule has 4 nitrogen and oxygen atoms in total. The van der Waals surface area contributed by atoms with Crippen molar-refractivity contribution in [1.82, 2.24) is 10.3 Å². The lowest BCUT2D eigenvalue weighted by Gasteiger charge is -2.40. The summed E-state index contributed by atoms with van der Waals surface area (Å²) in [6.07, 6.45) is 5.55. The van der Waals surface area contributed by atoms with Gasteiger partial charge < -0.3 is 10.1 Å². The summed E-state index contributed by atoms with van der Waals surface area (Å²) in [6, 6.07) is 4.07. The Morgan fingerprint density at radius 1 is 1.55 bits per heavy atom. The van der Waals surface area contributed by atoms with Gasteiger partial charge in [0, 0.05) is 31.5 Å². The number of amides is 1. The molecule has 1 atom stereocenters. The van der Waals surface area contributed by atoms with E-state index >= 15 is 0 Å². The molecule has 1 aromatic heterocycles. The first-order valence-corrected chi connectivity index (χ1v) is 7.28. The topological polar surface area (TPSA) is 51.2 Å². The van der Waals surface area contributed by atoms with Crippen molar-refractivity contribution < 1.29 is 9.53 Å². The van der Waals surface area contributed by atoms with Gasteiger partial charge in [-0.15, -0.1) is 0 Å². The van der Waals surface area contributed by atoms with Crippen molar-refractivity contribution in [2.45, 2.75) is 45.6 Å². The largest absolute Gasteiger partial charge is 0.384 e. The summed E-state index contributed by atoms with van der Waals surface area (Å²) >= 11 is 0. The molecule has 1 amide bonds. The number of rotatable bonds is 6. The predicted molar refractivity (Wildman–Crippen MR) is 78.4 cm³/mol. The standard InChI is InChI=1S/C16H24N2O2/c1-12-6-4-9-17-14(12)10-13(2)18-15(19)16(11-20-3)7-5-8-16/h4,6,9,13H,5,7-8,10-11H2,1-3H3,(H,18,19). The SMILES string of the molecule is COCC1(C(=O)NC(C)Cc2ncccc2C)CCC1. The van der Waals surface area contributed by atoms with Crippen LogP contribution in [-0.2, 0) is 16.0 Å². The fourth-order valence-electron chi connectivity index (χ4n) is 2.77. The number of carbonyl (C=O) groups is 1. The first-order valence-electron chi connectivity index (χ1n) is 7.28. The van der Waals surface area contributed by atoms with E-state index in [1.54, 1.807) is 13.3 Å². The Morgan fingerprint density at radius 2 is 2.30 bits per heavy atom. The molecule has 0 saturated heterocycles. The van der Waals surface area contributed by atoms with Crippen LogP contribution in [0.5, 0.6) is 0 Å². The van der Waals surface area contributed by atoms with Crippen LogP contribution in [0, 0.1) is 12.3 Å². The number of pyridine rings is 1. The minimum Gasteiger partial charge on any atom is -0.384 e. The highest BCUT2D eigenvalue weighted by atomic mass is 16.5. The summed E-state index contributed by atoms with van der Waals surface area (Å²) in [7, 11) is 1.66. The van der Waals surface area contributed by atoms with Crippen LogP contribution in [0.3, 0.4) is 0 Å². The van der Waals surface area contributed by atoms with Crippen molar-refractivity contribution in [3.05, 3.63) is 29.6 Å². The van der Waals surface area contributed by atoms with Gasteiger partial charge in [-0.05, 0) is 38.3 Å². The van der Waals surface area contributed by atoms with E-state index in [0.29, 0.717) is 6.61 Å². The smallest absolute Gasteiger partial charge is 0.228 e. The van der Waals surface area contributed by atoms with E-state index in [2.05, 4.69) is 23.3 Å². The van der Waals surface area contributed by atoms with Gasteiger partial charge in [-0.25, -0.2) is 0 Å². The maximum atomic E-state index is 12.4. The van der Waals surface area contributed by atoms with Crippen LogP contribution < -0.4 is 5.32 Å².